The van der Waals surface area contributed by atoms with Gasteiger partial charge in [0.25, 0.3) is 5.91 Å². The number of rotatable bonds is 5. The molecule has 0 saturated carbocycles. The van der Waals surface area contributed by atoms with Crippen molar-refractivity contribution in [2.24, 2.45) is 0 Å². The molecule has 8 nitrogen and oxygen atoms in total. The zero-order chi connectivity index (χ0) is 21.1. The maximum absolute atomic E-state index is 13.3. The average molecular weight is 405 g/mol. The number of nitriles is 1. The predicted octanol–water partition coefficient (Wildman–Crippen LogP) is 1.75. The van der Waals surface area contributed by atoms with Crippen molar-refractivity contribution in [2.45, 2.75) is 24.9 Å². The van der Waals surface area contributed by atoms with E-state index in [1.807, 2.05) is 30.3 Å². The van der Waals surface area contributed by atoms with E-state index in [1.54, 1.807) is 17.0 Å². The third-order valence-corrected chi connectivity index (χ3v) is 5.92. The second-order valence-corrected chi connectivity index (χ2v) is 7.57. The number of aromatic nitrogens is 1. The average Bonchev–Trinajstić information content (AvgIpc) is 2.97. The molecule has 1 aromatic heterocycles. The first-order valence-corrected chi connectivity index (χ1v) is 9.98. The number of imide groups is 1. The van der Waals surface area contributed by atoms with Gasteiger partial charge in [-0.1, -0.05) is 30.3 Å². The smallest absolute Gasteiger partial charge is 0.328 e. The summed E-state index contributed by atoms with van der Waals surface area (Å²) in [5.41, 5.74) is 0.545. The number of carbonyl (C=O) groups excluding carboxylic acids is 2. The van der Waals surface area contributed by atoms with Crippen LogP contribution in [0.4, 0.5) is 10.6 Å². The summed E-state index contributed by atoms with van der Waals surface area (Å²) in [6.07, 6.45) is 2.50. The van der Waals surface area contributed by atoms with E-state index in [2.05, 4.69) is 16.0 Å². The van der Waals surface area contributed by atoms with Gasteiger partial charge in [-0.05, 0) is 30.5 Å². The van der Waals surface area contributed by atoms with Crippen LogP contribution in [0.5, 0.6) is 0 Å². The molecule has 8 heteroatoms. The molecular formula is C22H23N5O3. The van der Waals surface area contributed by atoms with Gasteiger partial charge in [-0.2, -0.15) is 5.26 Å². The Balaban J connectivity index is 1.58. The summed E-state index contributed by atoms with van der Waals surface area (Å²) in [6, 6.07) is 14.9. The zero-order valence-electron chi connectivity index (χ0n) is 16.6. The number of aliphatic hydroxyl groups is 1. The third-order valence-electron chi connectivity index (χ3n) is 5.92. The molecule has 2 aliphatic heterocycles. The number of hydrogen-bond acceptors (Lipinski definition) is 6. The van der Waals surface area contributed by atoms with Gasteiger partial charge in [0.1, 0.15) is 17.4 Å². The molecule has 154 valence electrons. The molecular weight excluding hydrogens is 382 g/mol. The zero-order valence-corrected chi connectivity index (χ0v) is 16.6. The van der Waals surface area contributed by atoms with Crippen molar-refractivity contribution in [1.29, 1.82) is 5.26 Å². The summed E-state index contributed by atoms with van der Waals surface area (Å²) < 4.78 is 0. The molecule has 2 aliphatic rings. The van der Waals surface area contributed by atoms with Crippen molar-refractivity contribution >= 4 is 17.8 Å². The monoisotopic (exact) mass is 405 g/mol. The molecule has 0 unspecified atom stereocenters. The lowest BCUT2D eigenvalue weighted by molar-refractivity contribution is -0.134. The normalized spacial score (nSPS) is 18.2. The molecule has 3 amide bonds. The minimum absolute atomic E-state index is 0.00555. The van der Waals surface area contributed by atoms with Crippen LogP contribution < -0.4 is 4.90 Å². The van der Waals surface area contributed by atoms with Gasteiger partial charge in [-0.25, -0.2) is 9.78 Å². The maximum atomic E-state index is 13.3. The Morgan fingerprint density at radius 1 is 1.10 bits per heavy atom. The number of hydrogen-bond donors (Lipinski definition) is 1. The van der Waals surface area contributed by atoms with Crippen LogP contribution in [0.1, 0.15) is 24.0 Å². The van der Waals surface area contributed by atoms with E-state index in [1.165, 1.54) is 11.1 Å². The van der Waals surface area contributed by atoms with Gasteiger partial charge in [0.2, 0.25) is 0 Å². The molecule has 1 N–H and O–H groups in total. The number of carbonyl (C=O) groups is 2. The number of nitrogens with zero attached hydrogens (tertiary/aromatic N) is 5. The van der Waals surface area contributed by atoms with Gasteiger partial charge >= 0.3 is 6.03 Å². The summed E-state index contributed by atoms with van der Waals surface area (Å²) in [5.74, 6) is 0.521. The van der Waals surface area contributed by atoms with Crippen molar-refractivity contribution in [3.05, 3.63) is 59.8 Å². The number of piperidine rings is 1. The second kappa shape index (κ2) is 8.13. The van der Waals surface area contributed by atoms with E-state index in [0.29, 0.717) is 38.0 Å². The molecule has 0 bridgehead atoms. The second-order valence-electron chi connectivity index (χ2n) is 7.57. The highest BCUT2D eigenvalue weighted by atomic mass is 16.3. The van der Waals surface area contributed by atoms with Gasteiger partial charge in [-0.3, -0.25) is 9.69 Å². The Kier molecular flexibility index (Phi) is 5.38. The minimum Gasteiger partial charge on any atom is -0.395 e. The lowest BCUT2D eigenvalue weighted by atomic mass is 9.85. The van der Waals surface area contributed by atoms with Crippen LogP contribution in [-0.4, -0.2) is 63.6 Å². The SMILES string of the molecule is N#Cc1ccc(N2CCC3(CC2)C(=O)N(CCO)C(=O)N3Cc2ccccc2)nc1. The van der Waals surface area contributed by atoms with E-state index in [-0.39, 0.29) is 25.1 Å². The molecule has 0 aliphatic carbocycles. The highest BCUT2D eigenvalue weighted by Crippen LogP contribution is 2.39. The quantitative estimate of drug-likeness (QED) is 0.761. The predicted molar refractivity (Wildman–Crippen MR) is 109 cm³/mol. The highest BCUT2D eigenvalue weighted by Gasteiger charge is 2.57. The van der Waals surface area contributed by atoms with Gasteiger partial charge in [0, 0.05) is 25.8 Å². The van der Waals surface area contributed by atoms with Crippen molar-refractivity contribution < 1.29 is 14.7 Å². The number of anilines is 1. The largest absolute Gasteiger partial charge is 0.395 e. The molecule has 2 fully saturated rings. The van der Waals surface area contributed by atoms with Crippen LogP contribution in [0.15, 0.2) is 48.7 Å². The fourth-order valence-electron chi connectivity index (χ4n) is 4.29. The van der Waals surface area contributed by atoms with Crippen molar-refractivity contribution in [3.63, 3.8) is 0 Å². The topological polar surface area (TPSA) is 101 Å². The van der Waals surface area contributed by atoms with Crippen LogP contribution in [-0.2, 0) is 11.3 Å². The Hall–Kier alpha value is -3.44. The van der Waals surface area contributed by atoms with E-state index in [9.17, 15) is 14.7 Å². The standard InChI is InChI=1S/C22H23N5O3/c23-14-18-6-7-19(24-15-18)25-10-8-22(9-11-25)20(29)26(12-13-28)21(30)27(22)16-17-4-2-1-3-5-17/h1-7,15,28H,8-13,16H2. The summed E-state index contributed by atoms with van der Waals surface area (Å²) in [6.45, 7) is 1.23. The van der Waals surface area contributed by atoms with Crippen molar-refractivity contribution in [1.82, 2.24) is 14.8 Å². The van der Waals surface area contributed by atoms with Crippen LogP contribution in [0.25, 0.3) is 0 Å². The van der Waals surface area contributed by atoms with Crippen molar-refractivity contribution in [3.8, 4) is 6.07 Å². The molecule has 0 radical (unpaired) electrons. The van der Waals surface area contributed by atoms with Crippen molar-refractivity contribution in [2.75, 3.05) is 31.1 Å². The molecule has 0 atom stereocenters. The van der Waals surface area contributed by atoms with Gasteiger partial charge in [-0.15, -0.1) is 0 Å². The van der Waals surface area contributed by atoms with E-state index in [0.717, 1.165) is 11.4 Å². The number of pyridine rings is 1. The summed E-state index contributed by atoms with van der Waals surface area (Å²) in [5, 5.41) is 18.3. The van der Waals surface area contributed by atoms with Crippen LogP contribution in [0, 0.1) is 11.3 Å². The van der Waals surface area contributed by atoms with Gasteiger partial charge in [0.15, 0.2) is 0 Å². The number of benzene rings is 1. The molecule has 4 rings (SSSR count). The number of β-amino-alcohol motifs (C(OH)–C–C–N with tert-alkyl or cyclic N) is 1. The Morgan fingerprint density at radius 3 is 2.43 bits per heavy atom. The first-order valence-electron chi connectivity index (χ1n) is 9.98. The molecule has 3 heterocycles. The van der Waals surface area contributed by atoms with E-state index >= 15 is 0 Å². The summed E-state index contributed by atoms with van der Waals surface area (Å²) >= 11 is 0. The molecule has 30 heavy (non-hydrogen) atoms. The first-order chi connectivity index (χ1) is 14.6. The third kappa shape index (κ3) is 3.37. The Labute approximate surface area is 175 Å². The number of amides is 3. The first kappa shape index (κ1) is 19.9. The molecule has 2 aromatic rings. The fraction of sp³-hybridized carbons (Fsp3) is 0.364. The maximum Gasteiger partial charge on any atom is 0.328 e. The van der Waals surface area contributed by atoms with Crippen LogP contribution in [0.2, 0.25) is 0 Å². The fourth-order valence-corrected chi connectivity index (χ4v) is 4.29. The van der Waals surface area contributed by atoms with Gasteiger partial charge < -0.3 is 14.9 Å². The molecule has 2 saturated heterocycles. The number of aliphatic hydroxyl groups excluding tert-OH is 1. The van der Waals surface area contributed by atoms with Crippen LogP contribution >= 0.6 is 0 Å². The molecule has 1 spiro atoms. The summed E-state index contributed by atoms with van der Waals surface area (Å²) in [4.78, 5) is 35.6. The lowest BCUT2D eigenvalue weighted by Gasteiger charge is -2.42. The summed E-state index contributed by atoms with van der Waals surface area (Å²) in [7, 11) is 0. The Morgan fingerprint density at radius 2 is 1.83 bits per heavy atom. The number of urea groups is 1. The van der Waals surface area contributed by atoms with Gasteiger partial charge in [0.05, 0.1) is 18.7 Å². The van der Waals surface area contributed by atoms with E-state index in [4.69, 9.17) is 5.26 Å². The van der Waals surface area contributed by atoms with Crippen LogP contribution in [0.3, 0.4) is 0 Å². The lowest BCUT2D eigenvalue weighted by Crippen LogP contribution is -2.56. The Bertz CT molecular complexity index is 963. The minimum atomic E-state index is -0.912. The molecule has 1 aromatic carbocycles. The van der Waals surface area contributed by atoms with E-state index < -0.39 is 5.54 Å². The highest BCUT2D eigenvalue weighted by molar-refractivity contribution is 6.07.